The minimum Gasteiger partial charge on any atom is -0.340 e. The molecule has 0 unspecified atom stereocenters. The molecule has 1 saturated heterocycles. The second-order valence-corrected chi connectivity index (χ2v) is 6.69. The van der Waals surface area contributed by atoms with Gasteiger partial charge in [0.05, 0.1) is 0 Å². The molecule has 18 heavy (non-hydrogen) atoms. The Morgan fingerprint density at radius 1 is 1.22 bits per heavy atom. The van der Waals surface area contributed by atoms with E-state index < -0.39 is 0 Å². The van der Waals surface area contributed by atoms with Gasteiger partial charge in [-0.1, -0.05) is 25.7 Å². The zero-order valence-electron chi connectivity index (χ0n) is 12.0. The van der Waals surface area contributed by atoms with E-state index in [1.807, 2.05) is 0 Å². The van der Waals surface area contributed by atoms with Crippen molar-refractivity contribution in [1.82, 2.24) is 10.2 Å². The Morgan fingerprint density at radius 2 is 1.89 bits per heavy atom. The zero-order chi connectivity index (χ0) is 13.0. The molecule has 0 atom stereocenters. The fraction of sp³-hybridized carbons (Fsp3) is 0.933. The Balaban J connectivity index is 1.83. The number of hydrogen-bond acceptors (Lipinski definition) is 2. The molecule has 1 saturated carbocycles. The van der Waals surface area contributed by atoms with Crippen molar-refractivity contribution >= 4 is 5.91 Å². The van der Waals surface area contributed by atoms with Gasteiger partial charge in [-0.15, -0.1) is 0 Å². The molecule has 0 aromatic rings. The van der Waals surface area contributed by atoms with E-state index in [-0.39, 0.29) is 5.54 Å². The van der Waals surface area contributed by atoms with E-state index in [9.17, 15) is 4.79 Å². The van der Waals surface area contributed by atoms with Gasteiger partial charge in [0.25, 0.3) is 0 Å². The summed E-state index contributed by atoms with van der Waals surface area (Å²) in [6, 6.07) is 0. The highest BCUT2D eigenvalue weighted by Gasteiger charge is 2.29. The zero-order valence-corrected chi connectivity index (χ0v) is 12.0. The van der Waals surface area contributed by atoms with Crippen LogP contribution >= 0.6 is 0 Å². The molecule has 0 spiro atoms. The van der Waals surface area contributed by atoms with Crippen LogP contribution in [-0.2, 0) is 4.79 Å². The van der Waals surface area contributed by atoms with Crippen LogP contribution in [0.15, 0.2) is 0 Å². The second kappa shape index (κ2) is 6.05. The molecule has 0 bridgehead atoms. The van der Waals surface area contributed by atoms with Gasteiger partial charge in [0.2, 0.25) is 5.91 Å². The van der Waals surface area contributed by atoms with Crippen molar-refractivity contribution in [3.63, 3.8) is 0 Å². The van der Waals surface area contributed by atoms with Crippen molar-refractivity contribution in [2.75, 3.05) is 19.6 Å². The first kappa shape index (κ1) is 13.9. The average molecular weight is 252 g/mol. The highest BCUT2D eigenvalue weighted by atomic mass is 16.2. The first-order valence-electron chi connectivity index (χ1n) is 7.60. The molecule has 1 aliphatic heterocycles. The SMILES string of the molecule is CC1(C)CN(C(=O)CC2CCCCCC2)CCN1. The van der Waals surface area contributed by atoms with Crippen molar-refractivity contribution in [2.45, 2.75) is 64.3 Å². The predicted molar refractivity (Wildman–Crippen MR) is 74.5 cm³/mol. The van der Waals surface area contributed by atoms with Crippen molar-refractivity contribution in [3.05, 3.63) is 0 Å². The maximum Gasteiger partial charge on any atom is 0.222 e. The monoisotopic (exact) mass is 252 g/mol. The van der Waals surface area contributed by atoms with Crippen molar-refractivity contribution < 1.29 is 4.79 Å². The lowest BCUT2D eigenvalue weighted by atomic mass is 9.95. The number of hydrogen-bond donors (Lipinski definition) is 1. The third kappa shape index (κ3) is 3.98. The lowest BCUT2D eigenvalue weighted by Crippen LogP contribution is -2.58. The Morgan fingerprint density at radius 3 is 2.50 bits per heavy atom. The van der Waals surface area contributed by atoms with Gasteiger partial charge in [-0.25, -0.2) is 0 Å². The summed E-state index contributed by atoms with van der Waals surface area (Å²) in [5.74, 6) is 1.04. The van der Waals surface area contributed by atoms with E-state index in [0.29, 0.717) is 11.8 Å². The van der Waals surface area contributed by atoms with Crippen LogP contribution in [0.1, 0.15) is 58.8 Å². The van der Waals surface area contributed by atoms with E-state index in [1.54, 1.807) is 0 Å². The number of nitrogens with one attached hydrogen (secondary N) is 1. The molecule has 0 aromatic carbocycles. The standard InChI is InChI=1S/C15H28N2O/c1-15(2)12-17(10-9-16-15)14(18)11-13-7-5-3-4-6-8-13/h13,16H,3-12H2,1-2H3. The number of rotatable bonds is 2. The minimum absolute atomic E-state index is 0.0807. The highest BCUT2D eigenvalue weighted by Crippen LogP contribution is 2.26. The van der Waals surface area contributed by atoms with Gasteiger partial charge in [-0.05, 0) is 32.6 Å². The van der Waals surface area contributed by atoms with E-state index in [0.717, 1.165) is 26.1 Å². The smallest absolute Gasteiger partial charge is 0.222 e. The molecule has 1 heterocycles. The highest BCUT2D eigenvalue weighted by molar-refractivity contribution is 5.76. The molecule has 2 fully saturated rings. The van der Waals surface area contributed by atoms with Gasteiger partial charge in [0, 0.05) is 31.6 Å². The molecule has 104 valence electrons. The second-order valence-electron chi connectivity index (χ2n) is 6.69. The van der Waals surface area contributed by atoms with Crippen LogP contribution < -0.4 is 5.32 Å². The van der Waals surface area contributed by atoms with Crippen LogP contribution in [0.25, 0.3) is 0 Å². The molecule has 1 aliphatic carbocycles. The summed E-state index contributed by atoms with van der Waals surface area (Å²) in [6.07, 6.45) is 8.70. The molecular weight excluding hydrogens is 224 g/mol. The summed E-state index contributed by atoms with van der Waals surface area (Å²) in [5, 5.41) is 3.46. The summed E-state index contributed by atoms with van der Waals surface area (Å²) < 4.78 is 0. The van der Waals surface area contributed by atoms with Crippen molar-refractivity contribution in [3.8, 4) is 0 Å². The van der Waals surface area contributed by atoms with Gasteiger partial charge in [-0.2, -0.15) is 0 Å². The van der Waals surface area contributed by atoms with Crippen molar-refractivity contribution in [2.24, 2.45) is 5.92 Å². The van der Waals surface area contributed by atoms with Crippen LogP contribution in [-0.4, -0.2) is 36.0 Å². The largest absolute Gasteiger partial charge is 0.340 e. The fourth-order valence-corrected chi connectivity index (χ4v) is 3.30. The van der Waals surface area contributed by atoms with Crippen LogP contribution in [0.5, 0.6) is 0 Å². The third-order valence-electron chi connectivity index (χ3n) is 4.36. The Bertz CT molecular complexity index is 280. The number of nitrogens with zero attached hydrogens (tertiary/aromatic N) is 1. The van der Waals surface area contributed by atoms with E-state index in [1.165, 1.54) is 38.5 Å². The molecule has 3 heteroatoms. The van der Waals surface area contributed by atoms with Crippen LogP contribution in [0.2, 0.25) is 0 Å². The van der Waals surface area contributed by atoms with Gasteiger partial charge < -0.3 is 10.2 Å². The molecule has 3 nitrogen and oxygen atoms in total. The lowest BCUT2D eigenvalue weighted by Gasteiger charge is -2.39. The normalized spacial score (nSPS) is 25.8. The molecule has 1 amide bonds. The lowest BCUT2D eigenvalue weighted by molar-refractivity contribution is -0.134. The number of carbonyl (C=O) groups excluding carboxylic acids is 1. The van der Waals surface area contributed by atoms with Gasteiger partial charge >= 0.3 is 0 Å². The fourth-order valence-electron chi connectivity index (χ4n) is 3.30. The van der Waals surface area contributed by atoms with E-state index >= 15 is 0 Å². The molecule has 0 radical (unpaired) electrons. The topological polar surface area (TPSA) is 32.3 Å². The van der Waals surface area contributed by atoms with Crippen LogP contribution in [0.4, 0.5) is 0 Å². The maximum atomic E-state index is 12.4. The van der Waals surface area contributed by atoms with Crippen LogP contribution in [0.3, 0.4) is 0 Å². The third-order valence-corrected chi connectivity index (χ3v) is 4.36. The first-order valence-corrected chi connectivity index (χ1v) is 7.60. The van der Waals surface area contributed by atoms with Crippen LogP contribution in [0, 0.1) is 5.92 Å². The van der Waals surface area contributed by atoms with Gasteiger partial charge in [0.15, 0.2) is 0 Å². The Labute approximate surface area is 111 Å². The summed E-state index contributed by atoms with van der Waals surface area (Å²) in [6.45, 7) is 7.03. The molecule has 2 rings (SSSR count). The average Bonchev–Trinajstić information content (AvgIpc) is 2.56. The predicted octanol–water partition coefficient (Wildman–Crippen LogP) is 2.56. The number of piperazine rings is 1. The molecule has 0 aromatic heterocycles. The summed E-state index contributed by atoms with van der Waals surface area (Å²) in [7, 11) is 0. The van der Waals surface area contributed by atoms with Gasteiger partial charge in [-0.3, -0.25) is 4.79 Å². The first-order chi connectivity index (χ1) is 8.57. The molecule has 2 aliphatic rings. The van der Waals surface area contributed by atoms with Crippen molar-refractivity contribution in [1.29, 1.82) is 0 Å². The van der Waals surface area contributed by atoms with E-state index in [2.05, 4.69) is 24.1 Å². The molecule has 1 N–H and O–H groups in total. The summed E-state index contributed by atoms with van der Waals surface area (Å²) in [4.78, 5) is 14.4. The van der Waals surface area contributed by atoms with Gasteiger partial charge in [0.1, 0.15) is 0 Å². The summed E-state index contributed by atoms with van der Waals surface area (Å²) >= 11 is 0. The number of amides is 1. The number of carbonyl (C=O) groups is 1. The quantitative estimate of drug-likeness (QED) is 0.766. The maximum absolute atomic E-state index is 12.4. The Hall–Kier alpha value is -0.570. The summed E-state index contributed by atoms with van der Waals surface area (Å²) in [5.41, 5.74) is 0.0807. The minimum atomic E-state index is 0.0807. The molecular formula is C15H28N2O. The van der Waals surface area contributed by atoms with E-state index in [4.69, 9.17) is 0 Å². The Kier molecular flexibility index (Phi) is 4.66.